The van der Waals surface area contributed by atoms with Gasteiger partial charge >= 0.3 is 0 Å². The van der Waals surface area contributed by atoms with Crippen LogP contribution in [-0.2, 0) is 6.54 Å². The van der Waals surface area contributed by atoms with Gasteiger partial charge in [-0.1, -0.05) is 6.42 Å². The lowest BCUT2D eigenvalue weighted by molar-refractivity contribution is 0.239. The number of hydrogen-bond acceptors (Lipinski definition) is 3. The van der Waals surface area contributed by atoms with Crippen molar-refractivity contribution in [3.8, 4) is 10.6 Å². The Morgan fingerprint density at radius 3 is 2.75 bits per heavy atom. The van der Waals surface area contributed by atoms with E-state index in [1.165, 1.54) is 31.4 Å². The number of thiazole rings is 1. The van der Waals surface area contributed by atoms with E-state index in [1.807, 2.05) is 0 Å². The molecular weight excluding hydrogens is 271 g/mol. The molecule has 106 valence electrons. The molecule has 0 amide bonds. The summed E-state index contributed by atoms with van der Waals surface area (Å²) in [6, 6.07) is 7.09. The molecule has 1 N–H and O–H groups in total. The van der Waals surface area contributed by atoms with Crippen LogP contribution in [0.15, 0.2) is 29.6 Å². The van der Waals surface area contributed by atoms with E-state index < -0.39 is 0 Å². The van der Waals surface area contributed by atoms with Gasteiger partial charge in [0, 0.05) is 23.5 Å². The highest BCUT2D eigenvalue weighted by Crippen LogP contribution is 2.29. The van der Waals surface area contributed by atoms with Crippen LogP contribution in [0.5, 0.6) is 0 Å². The molecule has 1 aromatic carbocycles. The lowest BCUT2D eigenvalue weighted by atomic mass is 9.80. The Morgan fingerprint density at radius 2 is 2.10 bits per heavy atom. The fourth-order valence-corrected chi connectivity index (χ4v) is 3.31. The summed E-state index contributed by atoms with van der Waals surface area (Å²) < 4.78 is 12.9. The van der Waals surface area contributed by atoms with Crippen LogP contribution in [0.2, 0.25) is 0 Å². The zero-order valence-electron chi connectivity index (χ0n) is 11.6. The molecule has 1 aliphatic rings. The number of aromatic nitrogens is 1. The lowest BCUT2D eigenvalue weighted by Crippen LogP contribution is -2.36. The molecular formula is C16H19FN2S. The van der Waals surface area contributed by atoms with Crippen molar-refractivity contribution in [1.29, 1.82) is 0 Å². The fourth-order valence-electron chi connectivity index (χ4n) is 2.49. The number of nitrogens with one attached hydrogen (secondary N) is 1. The zero-order valence-corrected chi connectivity index (χ0v) is 12.4. The Bertz CT molecular complexity index is 560. The molecule has 1 aliphatic carbocycles. The smallest absolute Gasteiger partial charge is 0.123 e. The molecule has 1 fully saturated rings. The predicted molar refractivity (Wildman–Crippen MR) is 81.2 cm³/mol. The largest absolute Gasteiger partial charge is 0.308 e. The first-order valence-electron chi connectivity index (χ1n) is 7.16. The molecule has 0 aliphatic heterocycles. The summed E-state index contributed by atoms with van der Waals surface area (Å²) in [4.78, 5) is 4.62. The maximum atomic E-state index is 12.9. The molecule has 0 bridgehead atoms. The standard InChI is InChI=1S/C16H19FN2S/c1-11(12-3-2-4-12)18-9-15-10-20-16(19-15)13-5-7-14(17)8-6-13/h5-8,10-12,18H,2-4,9H2,1H3. The number of rotatable bonds is 5. The van der Waals surface area contributed by atoms with Gasteiger partial charge in [0.25, 0.3) is 0 Å². The molecule has 0 spiro atoms. The van der Waals surface area contributed by atoms with E-state index >= 15 is 0 Å². The van der Waals surface area contributed by atoms with Gasteiger partial charge in [-0.25, -0.2) is 9.37 Å². The molecule has 3 rings (SSSR count). The van der Waals surface area contributed by atoms with Crippen molar-refractivity contribution in [1.82, 2.24) is 10.3 Å². The van der Waals surface area contributed by atoms with Crippen LogP contribution < -0.4 is 5.32 Å². The monoisotopic (exact) mass is 290 g/mol. The zero-order chi connectivity index (χ0) is 13.9. The Labute approximate surface area is 123 Å². The summed E-state index contributed by atoms with van der Waals surface area (Å²) in [7, 11) is 0. The second-order valence-corrected chi connectivity index (χ2v) is 6.37. The van der Waals surface area contributed by atoms with Crippen LogP contribution in [0.3, 0.4) is 0 Å². The van der Waals surface area contributed by atoms with Crippen molar-refractivity contribution in [3.63, 3.8) is 0 Å². The molecule has 2 aromatic rings. The molecule has 0 radical (unpaired) electrons. The summed E-state index contributed by atoms with van der Waals surface area (Å²) >= 11 is 1.61. The quantitative estimate of drug-likeness (QED) is 0.891. The van der Waals surface area contributed by atoms with Gasteiger partial charge in [-0.15, -0.1) is 11.3 Å². The highest BCUT2D eigenvalue weighted by Gasteiger charge is 2.23. The molecule has 1 unspecified atom stereocenters. The van der Waals surface area contributed by atoms with Crippen LogP contribution in [0.1, 0.15) is 31.9 Å². The number of hydrogen-bond donors (Lipinski definition) is 1. The first-order chi connectivity index (χ1) is 9.72. The van der Waals surface area contributed by atoms with Gasteiger partial charge in [-0.05, 0) is 49.9 Å². The minimum absolute atomic E-state index is 0.207. The third-order valence-corrected chi connectivity index (χ3v) is 5.05. The highest BCUT2D eigenvalue weighted by molar-refractivity contribution is 7.13. The van der Waals surface area contributed by atoms with E-state index in [9.17, 15) is 4.39 Å². The average Bonchev–Trinajstić information content (AvgIpc) is 2.84. The Kier molecular flexibility index (Phi) is 4.13. The first-order valence-corrected chi connectivity index (χ1v) is 8.04. The third kappa shape index (κ3) is 3.07. The van der Waals surface area contributed by atoms with Crippen molar-refractivity contribution in [2.45, 2.75) is 38.8 Å². The average molecular weight is 290 g/mol. The summed E-state index contributed by atoms with van der Waals surface area (Å²) in [5.74, 6) is 0.631. The Balaban J connectivity index is 1.60. The summed E-state index contributed by atoms with van der Waals surface area (Å²) in [6.07, 6.45) is 4.08. The normalized spacial score (nSPS) is 16.9. The topological polar surface area (TPSA) is 24.9 Å². The molecule has 4 heteroatoms. The van der Waals surface area contributed by atoms with Crippen molar-refractivity contribution < 1.29 is 4.39 Å². The Hall–Kier alpha value is -1.26. The highest BCUT2D eigenvalue weighted by atomic mass is 32.1. The van der Waals surface area contributed by atoms with Gasteiger partial charge in [-0.2, -0.15) is 0 Å². The second kappa shape index (κ2) is 6.02. The van der Waals surface area contributed by atoms with Crippen molar-refractivity contribution in [2.75, 3.05) is 0 Å². The number of halogens is 1. The van der Waals surface area contributed by atoms with E-state index in [0.29, 0.717) is 6.04 Å². The van der Waals surface area contributed by atoms with E-state index in [0.717, 1.165) is 28.7 Å². The lowest BCUT2D eigenvalue weighted by Gasteiger charge is -2.31. The predicted octanol–water partition coefficient (Wildman–Crippen LogP) is 4.23. The molecule has 1 aromatic heterocycles. The van der Waals surface area contributed by atoms with Crippen molar-refractivity contribution in [3.05, 3.63) is 41.2 Å². The van der Waals surface area contributed by atoms with Crippen molar-refractivity contribution in [2.24, 2.45) is 5.92 Å². The van der Waals surface area contributed by atoms with E-state index in [2.05, 4.69) is 22.6 Å². The van der Waals surface area contributed by atoms with E-state index in [4.69, 9.17) is 0 Å². The molecule has 1 heterocycles. The van der Waals surface area contributed by atoms with Gasteiger partial charge in [0.1, 0.15) is 10.8 Å². The SMILES string of the molecule is CC(NCc1csc(-c2ccc(F)cc2)n1)C1CCC1. The second-order valence-electron chi connectivity index (χ2n) is 5.51. The van der Waals surface area contributed by atoms with E-state index in [1.54, 1.807) is 23.5 Å². The maximum absolute atomic E-state index is 12.9. The summed E-state index contributed by atoms with van der Waals surface area (Å²) in [5.41, 5.74) is 2.05. The molecule has 0 saturated heterocycles. The minimum Gasteiger partial charge on any atom is -0.308 e. The van der Waals surface area contributed by atoms with Crippen LogP contribution in [0.25, 0.3) is 10.6 Å². The number of benzene rings is 1. The maximum Gasteiger partial charge on any atom is 0.123 e. The third-order valence-electron chi connectivity index (χ3n) is 4.11. The minimum atomic E-state index is -0.207. The van der Waals surface area contributed by atoms with Crippen LogP contribution in [0.4, 0.5) is 4.39 Å². The number of nitrogens with zero attached hydrogens (tertiary/aromatic N) is 1. The first kappa shape index (κ1) is 13.7. The van der Waals surface area contributed by atoms with E-state index in [-0.39, 0.29) is 5.82 Å². The summed E-state index contributed by atoms with van der Waals surface area (Å²) in [6.45, 7) is 3.08. The van der Waals surface area contributed by atoms with Gasteiger partial charge < -0.3 is 5.32 Å². The molecule has 2 nitrogen and oxygen atoms in total. The van der Waals surface area contributed by atoms with Crippen LogP contribution in [-0.4, -0.2) is 11.0 Å². The van der Waals surface area contributed by atoms with Crippen LogP contribution in [0, 0.1) is 11.7 Å². The van der Waals surface area contributed by atoms with Gasteiger partial charge in [0.05, 0.1) is 5.69 Å². The fraction of sp³-hybridized carbons (Fsp3) is 0.438. The van der Waals surface area contributed by atoms with Gasteiger partial charge in [0.2, 0.25) is 0 Å². The van der Waals surface area contributed by atoms with Gasteiger partial charge in [0.15, 0.2) is 0 Å². The summed E-state index contributed by atoms with van der Waals surface area (Å²) in [5, 5.41) is 6.60. The Morgan fingerprint density at radius 1 is 1.35 bits per heavy atom. The molecule has 1 saturated carbocycles. The molecule has 20 heavy (non-hydrogen) atoms. The van der Waals surface area contributed by atoms with Crippen molar-refractivity contribution >= 4 is 11.3 Å². The van der Waals surface area contributed by atoms with Gasteiger partial charge in [-0.3, -0.25) is 0 Å². The molecule has 1 atom stereocenters. The van der Waals surface area contributed by atoms with Crippen LogP contribution >= 0.6 is 11.3 Å².